The van der Waals surface area contributed by atoms with E-state index in [0.717, 1.165) is 0 Å². The Labute approximate surface area is 132 Å². The van der Waals surface area contributed by atoms with E-state index in [9.17, 15) is 14.9 Å². The van der Waals surface area contributed by atoms with E-state index in [1.54, 1.807) is 24.7 Å². The molecule has 0 unspecified atom stereocenters. The SMILES string of the molecule is Cc1cc([N+](=O)[O-])ccc1NC(=O)CCn1cc(Cl)c(C)n1. The minimum atomic E-state index is -0.470. The van der Waals surface area contributed by atoms with Crippen LogP contribution in [-0.4, -0.2) is 20.6 Å². The largest absolute Gasteiger partial charge is 0.326 e. The van der Waals surface area contributed by atoms with Gasteiger partial charge in [-0.15, -0.1) is 0 Å². The van der Waals surface area contributed by atoms with Crippen LogP contribution in [0, 0.1) is 24.0 Å². The van der Waals surface area contributed by atoms with Gasteiger partial charge in [-0.3, -0.25) is 19.6 Å². The van der Waals surface area contributed by atoms with Crippen molar-refractivity contribution in [2.75, 3.05) is 5.32 Å². The van der Waals surface area contributed by atoms with Crippen molar-refractivity contribution in [2.24, 2.45) is 0 Å². The molecular weight excluding hydrogens is 308 g/mol. The van der Waals surface area contributed by atoms with Gasteiger partial charge in [-0.1, -0.05) is 11.6 Å². The van der Waals surface area contributed by atoms with Crippen LogP contribution in [0.1, 0.15) is 17.7 Å². The van der Waals surface area contributed by atoms with Gasteiger partial charge in [0.2, 0.25) is 5.91 Å². The van der Waals surface area contributed by atoms with Crippen LogP contribution in [-0.2, 0) is 11.3 Å². The van der Waals surface area contributed by atoms with Gasteiger partial charge in [-0.05, 0) is 25.5 Å². The van der Waals surface area contributed by atoms with Gasteiger partial charge in [-0.25, -0.2) is 0 Å². The molecule has 116 valence electrons. The van der Waals surface area contributed by atoms with E-state index in [2.05, 4.69) is 10.4 Å². The molecule has 0 saturated heterocycles. The predicted octanol–water partition coefficient (Wildman–Crippen LogP) is 3.09. The zero-order chi connectivity index (χ0) is 16.3. The summed E-state index contributed by atoms with van der Waals surface area (Å²) in [6.07, 6.45) is 1.90. The number of non-ortho nitro benzene ring substituents is 1. The standard InChI is InChI=1S/C14H15ClN4O3/c1-9-7-11(19(21)22)3-4-13(9)16-14(20)5-6-18-8-12(15)10(2)17-18/h3-4,7-8H,5-6H2,1-2H3,(H,16,20). The third-order valence-electron chi connectivity index (χ3n) is 3.15. The van der Waals surface area contributed by atoms with Crippen molar-refractivity contribution < 1.29 is 9.72 Å². The molecule has 1 amide bonds. The Morgan fingerprint density at radius 1 is 1.45 bits per heavy atom. The van der Waals surface area contributed by atoms with Crippen molar-refractivity contribution in [1.82, 2.24) is 9.78 Å². The van der Waals surface area contributed by atoms with Crippen LogP contribution in [0.25, 0.3) is 0 Å². The van der Waals surface area contributed by atoms with Gasteiger partial charge in [-0.2, -0.15) is 5.10 Å². The number of anilines is 1. The third-order valence-corrected chi connectivity index (χ3v) is 3.52. The number of rotatable bonds is 5. The smallest absolute Gasteiger partial charge is 0.269 e. The van der Waals surface area contributed by atoms with E-state index in [-0.39, 0.29) is 18.0 Å². The van der Waals surface area contributed by atoms with E-state index in [1.807, 2.05) is 0 Å². The molecular formula is C14H15ClN4O3. The monoisotopic (exact) mass is 322 g/mol. The molecule has 2 rings (SSSR count). The number of hydrogen-bond donors (Lipinski definition) is 1. The minimum Gasteiger partial charge on any atom is -0.326 e. The number of hydrogen-bond acceptors (Lipinski definition) is 4. The lowest BCUT2D eigenvalue weighted by Gasteiger charge is -2.08. The van der Waals surface area contributed by atoms with E-state index < -0.39 is 4.92 Å². The first-order valence-electron chi connectivity index (χ1n) is 6.61. The van der Waals surface area contributed by atoms with Crippen molar-refractivity contribution in [1.29, 1.82) is 0 Å². The number of aryl methyl sites for hydroxylation is 3. The minimum absolute atomic E-state index is 0.00263. The topological polar surface area (TPSA) is 90.1 Å². The van der Waals surface area contributed by atoms with Crippen LogP contribution in [0.15, 0.2) is 24.4 Å². The van der Waals surface area contributed by atoms with Crippen molar-refractivity contribution in [3.05, 3.63) is 50.8 Å². The Bertz CT molecular complexity index is 707. The van der Waals surface area contributed by atoms with Crippen LogP contribution in [0.3, 0.4) is 0 Å². The summed E-state index contributed by atoms with van der Waals surface area (Å²) in [4.78, 5) is 22.1. The summed E-state index contributed by atoms with van der Waals surface area (Å²) in [6.45, 7) is 3.91. The number of halogens is 1. The van der Waals surface area contributed by atoms with Crippen LogP contribution in [0.2, 0.25) is 5.02 Å². The summed E-state index contributed by atoms with van der Waals surface area (Å²) < 4.78 is 1.61. The fraction of sp³-hybridized carbons (Fsp3) is 0.286. The Hall–Kier alpha value is -2.41. The number of nitrogens with zero attached hydrogens (tertiary/aromatic N) is 3. The quantitative estimate of drug-likeness (QED) is 0.676. The summed E-state index contributed by atoms with van der Waals surface area (Å²) in [6, 6.07) is 4.31. The Morgan fingerprint density at radius 3 is 2.73 bits per heavy atom. The molecule has 22 heavy (non-hydrogen) atoms. The van der Waals surface area contributed by atoms with E-state index in [0.29, 0.717) is 28.5 Å². The lowest BCUT2D eigenvalue weighted by molar-refractivity contribution is -0.384. The first-order valence-corrected chi connectivity index (χ1v) is 6.99. The van der Waals surface area contributed by atoms with E-state index in [1.165, 1.54) is 18.2 Å². The Balaban J connectivity index is 1.96. The zero-order valence-electron chi connectivity index (χ0n) is 12.2. The molecule has 0 bridgehead atoms. The third kappa shape index (κ3) is 3.82. The molecule has 0 saturated carbocycles. The maximum absolute atomic E-state index is 11.9. The molecule has 1 aromatic heterocycles. The molecule has 1 heterocycles. The van der Waals surface area contributed by atoms with E-state index >= 15 is 0 Å². The molecule has 0 radical (unpaired) electrons. The van der Waals surface area contributed by atoms with Gasteiger partial charge in [0, 0.05) is 37.0 Å². The fourth-order valence-corrected chi connectivity index (χ4v) is 2.09. The van der Waals surface area contributed by atoms with Crippen LogP contribution < -0.4 is 5.32 Å². The van der Waals surface area contributed by atoms with Crippen LogP contribution in [0.5, 0.6) is 0 Å². The number of benzene rings is 1. The second kappa shape index (κ2) is 6.57. The second-order valence-corrected chi connectivity index (χ2v) is 5.29. The Kier molecular flexibility index (Phi) is 4.77. The predicted molar refractivity (Wildman–Crippen MR) is 83.1 cm³/mol. The number of aromatic nitrogens is 2. The molecule has 8 heteroatoms. The molecule has 1 aromatic carbocycles. The normalized spacial score (nSPS) is 10.5. The highest BCUT2D eigenvalue weighted by molar-refractivity contribution is 6.31. The highest BCUT2D eigenvalue weighted by Crippen LogP contribution is 2.21. The average Bonchev–Trinajstić information content (AvgIpc) is 2.77. The van der Waals surface area contributed by atoms with Gasteiger partial charge in [0.1, 0.15) is 0 Å². The molecule has 0 atom stereocenters. The second-order valence-electron chi connectivity index (χ2n) is 4.88. The van der Waals surface area contributed by atoms with Gasteiger partial charge in [0.05, 0.1) is 15.6 Å². The van der Waals surface area contributed by atoms with Crippen molar-refractivity contribution in [3.8, 4) is 0 Å². The summed E-state index contributed by atoms with van der Waals surface area (Å²) in [5, 5.41) is 18.1. The van der Waals surface area contributed by atoms with Crippen LogP contribution >= 0.6 is 11.6 Å². The molecule has 0 spiro atoms. The number of nitro benzene ring substituents is 1. The van der Waals surface area contributed by atoms with Crippen molar-refractivity contribution >= 4 is 28.9 Å². The first kappa shape index (κ1) is 16.0. The van der Waals surface area contributed by atoms with Gasteiger partial charge in [0.15, 0.2) is 0 Å². The van der Waals surface area contributed by atoms with E-state index in [4.69, 9.17) is 11.6 Å². The number of amides is 1. The highest BCUT2D eigenvalue weighted by Gasteiger charge is 2.11. The fourth-order valence-electron chi connectivity index (χ4n) is 1.94. The molecule has 0 aliphatic carbocycles. The molecule has 0 aliphatic heterocycles. The van der Waals surface area contributed by atoms with Gasteiger partial charge in [0.25, 0.3) is 5.69 Å². The molecule has 2 aromatic rings. The number of nitrogens with one attached hydrogen (secondary N) is 1. The average molecular weight is 323 g/mol. The zero-order valence-corrected chi connectivity index (χ0v) is 12.9. The number of nitro groups is 1. The van der Waals surface area contributed by atoms with Gasteiger partial charge >= 0.3 is 0 Å². The summed E-state index contributed by atoms with van der Waals surface area (Å²) in [5.41, 5.74) is 1.91. The molecule has 0 aliphatic rings. The molecule has 0 fully saturated rings. The number of carbonyl (C=O) groups excluding carboxylic acids is 1. The summed E-state index contributed by atoms with van der Waals surface area (Å²) in [7, 11) is 0. The summed E-state index contributed by atoms with van der Waals surface area (Å²) >= 11 is 5.90. The lowest BCUT2D eigenvalue weighted by atomic mass is 10.1. The highest BCUT2D eigenvalue weighted by atomic mass is 35.5. The van der Waals surface area contributed by atoms with Crippen molar-refractivity contribution in [2.45, 2.75) is 26.8 Å². The molecule has 7 nitrogen and oxygen atoms in total. The molecule has 1 N–H and O–H groups in total. The van der Waals surface area contributed by atoms with Crippen molar-refractivity contribution in [3.63, 3.8) is 0 Å². The number of carbonyl (C=O) groups is 1. The summed E-state index contributed by atoms with van der Waals surface area (Å²) in [5.74, 6) is -0.193. The maximum Gasteiger partial charge on any atom is 0.269 e. The van der Waals surface area contributed by atoms with Gasteiger partial charge < -0.3 is 5.32 Å². The lowest BCUT2D eigenvalue weighted by Crippen LogP contribution is -2.15. The maximum atomic E-state index is 11.9. The first-order chi connectivity index (χ1) is 10.4. The van der Waals surface area contributed by atoms with Crippen LogP contribution in [0.4, 0.5) is 11.4 Å². The Morgan fingerprint density at radius 2 is 2.18 bits per heavy atom.